The SMILES string of the molecule is CCCCCCCCCCCOc1ccc(C(=O)Oc2cccc3c4ccccc4c4ccccc4c23)cc1. The predicted octanol–water partition coefficient (Wildman–Crippen LogP) is 10.3. The molecule has 0 aliphatic rings. The van der Waals surface area contributed by atoms with E-state index in [1.54, 1.807) is 12.1 Å². The number of carbonyl (C=O) groups excluding carboxylic acids is 1. The second kappa shape index (κ2) is 13.3. The van der Waals surface area contributed by atoms with Crippen LogP contribution in [0.5, 0.6) is 11.5 Å². The van der Waals surface area contributed by atoms with Gasteiger partial charge in [-0.3, -0.25) is 0 Å². The Morgan fingerprint density at radius 2 is 1.08 bits per heavy atom. The number of benzene rings is 5. The number of esters is 1. The Labute approximate surface area is 231 Å². The van der Waals surface area contributed by atoms with Gasteiger partial charge in [-0.25, -0.2) is 4.79 Å². The van der Waals surface area contributed by atoms with Gasteiger partial charge in [0, 0.05) is 5.39 Å². The molecule has 0 aliphatic heterocycles. The van der Waals surface area contributed by atoms with Crippen LogP contribution in [0.25, 0.3) is 32.3 Å². The van der Waals surface area contributed by atoms with Crippen molar-refractivity contribution in [1.29, 1.82) is 0 Å². The first-order valence-corrected chi connectivity index (χ1v) is 14.5. The Kier molecular flexibility index (Phi) is 9.11. The van der Waals surface area contributed by atoms with Crippen molar-refractivity contribution < 1.29 is 14.3 Å². The number of unbranched alkanes of at least 4 members (excludes halogenated alkanes) is 8. The molecule has 3 nitrogen and oxygen atoms in total. The number of carbonyl (C=O) groups is 1. The van der Waals surface area contributed by atoms with Gasteiger partial charge in [0.1, 0.15) is 11.5 Å². The zero-order valence-electron chi connectivity index (χ0n) is 23.0. The fourth-order valence-electron chi connectivity index (χ4n) is 5.46. The maximum Gasteiger partial charge on any atom is 0.343 e. The number of hydrogen-bond donors (Lipinski definition) is 0. The number of fused-ring (bicyclic) bond motifs is 6. The summed E-state index contributed by atoms with van der Waals surface area (Å²) >= 11 is 0. The minimum atomic E-state index is -0.370. The molecule has 0 aliphatic carbocycles. The van der Waals surface area contributed by atoms with Crippen LogP contribution in [0.3, 0.4) is 0 Å². The lowest BCUT2D eigenvalue weighted by molar-refractivity contribution is 0.0737. The molecule has 3 heteroatoms. The lowest BCUT2D eigenvalue weighted by Gasteiger charge is -2.14. The summed E-state index contributed by atoms with van der Waals surface area (Å²) in [6, 6.07) is 29.9. The van der Waals surface area contributed by atoms with Crippen molar-refractivity contribution in [2.75, 3.05) is 6.61 Å². The first-order chi connectivity index (χ1) is 19.3. The van der Waals surface area contributed by atoms with E-state index in [0.29, 0.717) is 17.9 Å². The van der Waals surface area contributed by atoms with Gasteiger partial charge in [0.05, 0.1) is 12.2 Å². The molecule has 5 rings (SSSR count). The molecular formula is C36H38O3. The highest BCUT2D eigenvalue weighted by Gasteiger charge is 2.15. The van der Waals surface area contributed by atoms with Crippen molar-refractivity contribution in [3.63, 3.8) is 0 Å². The van der Waals surface area contributed by atoms with E-state index in [1.807, 2.05) is 30.3 Å². The summed E-state index contributed by atoms with van der Waals surface area (Å²) in [6.45, 7) is 2.96. The number of hydrogen-bond acceptors (Lipinski definition) is 3. The van der Waals surface area contributed by atoms with Gasteiger partial charge in [0.2, 0.25) is 0 Å². The largest absolute Gasteiger partial charge is 0.494 e. The molecule has 5 aromatic carbocycles. The van der Waals surface area contributed by atoms with E-state index in [1.165, 1.54) is 56.8 Å². The van der Waals surface area contributed by atoms with Gasteiger partial charge in [-0.2, -0.15) is 0 Å². The van der Waals surface area contributed by atoms with E-state index in [9.17, 15) is 4.79 Å². The zero-order valence-corrected chi connectivity index (χ0v) is 23.0. The minimum Gasteiger partial charge on any atom is -0.494 e. The molecule has 0 N–H and O–H groups in total. The first kappa shape index (κ1) is 26.7. The average Bonchev–Trinajstić information content (AvgIpc) is 2.98. The second-order valence-electron chi connectivity index (χ2n) is 10.4. The summed E-state index contributed by atoms with van der Waals surface area (Å²) in [5.41, 5.74) is 0.507. The van der Waals surface area contributed by atoms with Crippen molar-refractivity contribution in [2.24, 2.45) is 0 Å². The van der Waals surface area contributed by atoms with Gasteiger partial charge >= 0.3 is 5.97 Å². The van der Waals surface area contributed by atoms with E-state index in [-0.39, 0.29) is 5.97 Å². The summed E-state index contributed by atoms with van der Waals surface area (Å²) in [4.78, 5) is 13.1. The molecule has 0 spiro atoms. The molecule has 0 amide bonds. The molecule has 0 radical (unpaired) electrons. The first-order valence-electron chi connectivity index (χ1n) is 14.5. The van der Waals surface area contributed by atoms with Crippen molar-refractivity contribution in [3.05, 3.63) is 96.6 Å². The average molecular weight is 519 g/mol. The number of ether oxygens (including phenoxy) is 2. The zero-order chi connectivity index (χ0) is 26.9. The highest BCUT2D eigenvalue weighted by Crippen LogP contribution is 2.39. The van der Waals surface area contributed by atoms with Crippen molar-refractivity contribution in [1.82, 2.24) is 0 Å². The summed E-state index contributed by atoms with van der Waals surface area (Å²) < 4.78 is 11.9. The molecule has 0 aromatic heterocycles. The van der Waals surface area contributed by atoms with Crippen LogP contribution in [-0.4, -0.2) is 12.6 Å². The third-order valence-corrected chi connectivity index (χ3v) is 7.54. The molecule has 200 valence electrons. The van der Waals surface area contributed by atoms with E-state index in [2.05, 4.69) is 55.5 Å². The molecule has 5 aromatic rings. The summed E-state index contributed by atoms with van der Waals surface area (Å²) in [7, 11) is 0. The van der Waals surface area contributed by atoms with Crippen LogP contribution in [0.1, 0.15) is 75.1 Å². The molecule has 0 heterocycles. The van der Waals surface area contributed by atoms with Crippen molar-refractivity contribution in [3.8, 4) is 11.5 Å². The van der Waals surface area contributed by atoms with Crippen LogP contribution >= 0.6 is 0 Å². The van der Waals surface area contributed by atoms with Gasteiger partial charge in [-0.05, 0) is 63.7 Å². The van der Waals surface area contributed by atoms with Crippen LogP contribution in [0.4, 0.5) is 0 Å². The Morgan fingerprint density at radius 1 is 0.564 bits per heavy atom. The van der Waals surface area contributed by atoms with E-state index >= 15 is 0 Å². The van der Waals surface area contributed by atoms with Gasteiger partial charge < -0.3 is 9.47 Å². The Bertz CT molecular complexity index is 1490. The van der Waals surface area contributed by atoms with Crippen LogP contribution in [-0.2, 0) is 0 Å². The standard InChI is InChI=1S/C36H38O3/c1-2-3-4-5-6-7-8-9-14-26-38-28-24-22-27(23-25-28)36(37)39-34-21-15-20-33-31-17-11-10-16-29(31)30-18-12-13-19-32(30)35(33)34/h10-13,15-25H,2-9,14,26H2,1H3. The van der Waals surface area contributed by atoms with E-state index in [4.69, 9.17) is 9.47 Å². The van der Waals surface area contributed by atoms with Gasteiger partial charge in [-0.1, -0.05) is 119 Å². The maximum atomic E-state index is 13.1. The monoisotopic (exact) mass is 518 g/mol. The lowest BCUT2D eigenvalue weighted by atomic mass is 9.94. The molecule has 0 atom stereocenters. The molecule has 0 saturated heterocycles. The Morgan fingerprint density at radius 3 is 1.69 bits per heavy atom. The summed E-state index contributed by atoms with van der Waals surface area (Å²) in [6.07, 6.45) is 11.6. The number of rotatable bonds is 13. The van der Waals surface area contributed by atoms with Crippen LogP contribution in [0.15, 0.2) is 91.0 Å². The van der Waals surface area contributed by atoms with Crippen molar-refractivity contribution in [2.45, 2.75) is 64.7 Å². The molecule has 0 saturated carbocycles. The molecule has 0 unspecified atom stereocenters. The third kappa shape index (κ3) is 6.42. The van der Waals surface area contributed by atoms with Crippen molar-refractivity contribution >= 4 is 38.3 Å². The normalized spacial score (nSPS) is 11.3. The van der Waals surface area contributed by atoms with Gasteiger partial charge in [0.15, 0.2) is 0 Å². The smallest absolute Gasteiger partial charge is 0.343 e. The quantitative estimate of drug-likeness (QED) is 0.0673. The summed E-state index contributed by atoms with van der Waals surface area (Å²) in [5.74, 6) is 0.990. The fourth-order valence-corrected chi connectivity index (χ4v) is 5.46. The highest BCUT2D eigenvalue weighted by molar-refractivity contribution is 6.27. The third-order valence-electron chi connectivity index (χ3n) is 7.54. The lowest BCUT2D eigenvalue weighted by Crippen LogP contribution is -2.09. The second-order valence-corrected chi connectivity index (χ2v) is 10.4. The van der Waals surface area contributed by atoms with E-state index < -0.39 is 0 Å². The summed E-state index contributed by atoms with van der Waals surface area (Å²) in [5, 5.41) is 6.61. The van der Waals surface area contributed by atoms with Crippen LogP contribution in [0, 0.1) is 0 Å². The van der Waals surface area contributed by atoms with Gasteiger partial charge in [0.25, 0.3) is 0 Å². The Balaban J connectivity index is 1.21. The maximum absolute atomic E-state index is 13.1. The van der Waals surface area contributed by atoms with Crippen LogP contribution in [0.2, 0.25) is 0 Å². The Hall–Kier alpha value is -3.85. The molecular weight excluding hydrogens is 480 g/mol. The minimum absolute atomic E-state index is 0.370. The topological polar surface area (TPSA) is 35.5 Å². The molecule has 0 bridgehead atoms. The molecule has 39 heavy (non-hydrogen) atoms. The molecule has 0 fully saturated rings. The van der Waals surface area contributed by atoms with Gasteiger partial charge in [-0.15, -0.1) is 0 Å². The van der Waals surface area contributed by atoms with E-state index in [0.717, 1.165) is 39.1 Å². The fraction of sp³-hybridized carbons (Fsp3) is 0.306. The van der Waals surface area contributed by atoms with Crippen LogP contribution < -0.4 is 9.47 Å². The highest BCUT2D eigenvalue weighted by atomic mass is 16.5. The predicted molar refractivity (Wildman–Crippen MR) is 163 cm³/mol.